The fraction of sp³-hybridized carbons (Fsp3) is 0.800. The molecule has 86 valence electrons. The van der Waals surface area contributed by atoms with E-state index in [4.69, 9.17) is 0 Å². The van der Waals surface area contributed by atoms with Crippen LogP contribution in [-0.4, -0.2) is 38.0 Å². The number of hydrogen-bond acceptors (Lipinski definition) is 3. The molecule has 5 heteroatoms. The van der Waals surface area contributed by atoms with E-state index in [0.717, 1.165) is 19.4 Å². The number of nitrogens with one attached hydrogen (secondary N) is 3. The maximum Gasteiger partial charge on any atom is 0.220 e. The molecule has 0 bridgehead atoms. The molecule has 0 aromatic rings. The van der Waals surface area contributed by atoms with E-state index in [0.29, 0.717) is 19.4 Å². The summed E-state index contributed by atoms with van der Waals surface area (Å²) in [6, 6.07) is 0.130. The lowest BCUT2D eigenvalue weighted by molar-refractivity contribution is -0.122. The summed E-state index contributed by atoms with van der Waals surface area (Å²) >= 11 is 0. The molecule has 1 unspecified atom stereocenters. The highest BCUT2D eigenvalue weighted by atomic mass is 16.2. The first-order valence-electron chi connectivity index (χ1n) is 5.43. The molecule has 1 aliphatic heterocycles. The van der Waals surface area contributed by atoms with Gasteiger partial charge in [-0.25, -0.2) is 0 Å². The number of carbonyl (C=O) groups is 2. The molecule has 1 atom stereocenters. The average Bonchev–Trinajstić information content (AvgIpc) is 2.62. The van der Waals surface area contributed by atoms with Gasteiger partial charge in [0.15, 0.2) is 0 Å². The van der Waals surface area contributed by atoms with Crippen molar-refractivity contribution in [2.24, 2.45) is 0 Å². The summed E-state index contributed by atoms with van der Waals surface area (Å²) in [5.74, 6) is 0.149. The third-order valence-corrected chi connectivity index (χ3v) is 2.46. The Kier molecular flexibility index (Phi) is 5.10. The zero-order chi connectivity index (χ0) is 11.1. The Morgan fingerprint density at radius 3 is 3.00 bits per heavy atom. The Morgan fingerprint density at radius 1 is 1.60 bits per heavy atom. The van der Waals surface area contributed by atoms with Crippen molar-refractivity contribution in [3.05, 3.63) is 0 Å². The lowest BCUT2D eigenvalue weighted by atomic mass is 10.2. The zero-order valence-corrected chi connectivity index (χ0v) is 9.14. The van der Waals surface area contributed by atoms with Crippen molar-refractivity contribution in [3.63, 3.8) is 0 Å². The summed E-state index contributed by atoms with van der Waals surface area (Å²) in [7, 11) is 1.87. The standard InChI is InChI=1S/C10H19N3O2/c1-11-6-2-3-9(14)12-7-8-4-5-10(15)13-8/h8,11H,2-7H2,1H3,(H,12,14)(H,13,15). The lowest BCUT2D eigenvalue weighted by Gasteiger charge is -2.11. The summed E-state index contributed by atoms with van der Waals surface area (Å²) in [6.45, 7) is 1.41. The topological polar surface area (TPSA) is 70.2 Å². The van der Waals surface area contributed by atoms with Crippen molar-refractivity contribution in [1.29, 1.82) is 0 Å². The molecule has 0 spiro atoms. The van der Waals surface area contributed by atoms with Crippen molar-refractivity contribution in [2.45, 2.75) is 31.7 Å². The first-order valence-corrected chi connectivity index (χ1v) is 5.43. The highest BCUT2D eigenvalue weighted by molar-refractivity contribution is 5.79. The predicted octanol–water partition coefficient (Wildman–Crippen LogP) is -0.619. The van der Waals surface area contributed by atoms with Gasteiger partial charge in [0.2, 0.25) is 11.8 Å². The third-order valence-electron chi connectivity index (χ3n) is 2.46. The molecule has 1 saturated heterocycles. The second kappa shape index (κ2) is 6.40. The van der Waals surface area contributed by atoms with Gasteiger partial charge in [-0.1, -0.05) is 0 Å². The fourth-order valence-electron chi connectivity index (χ4n) is 1.58. The normalized spacial score (nSPS) is 20.1. The van der Waals surface area contributed by atoms with Gasteiger partial charge in [0.05, 0.1) is 0 Å². The van der Waals surface area contributed by atoms with Crippen LogP contribution in [0, 0.1) is 0 Å². The van der Waals surface area contributed by atoms with Gasteiger partial charge >= 0.3 is 0 Å². The molecule has 15 heavy (non-hydrogen) atoms. The van der Waals surface area contributed by atoms with Crippen LogP contribution >= 0.6 is 0 Å². The van der Waals surface area contributed by atoms with Crippen LogP contribution in [0.4, 0.5) is 0 Å². The van der Waals surface area contributed by atoms with E-state index < -0.39 is 0 Å². The largest absolute Gasteiger partial charge is 0.354 e. The second-order valence-electron chi connectivity index (χ2n) is 3.81. The van der Waals surface area contributed by atoms with Gasteiger partial charge in [-0.05, 0) is 26.4 Å². The summed E-state index contributed by atoms with van der Waals surface area (Å²) in [6.07, 6.45) is 2.80. The zero-order valence-electron chi connectivity index (χ0n) is 9.14. The quantitative estimate of drug-likeness (QED) is 0.515. The molecule has 1 fully saturated rings. The molecule has 0 radical (unpaired) electrons. The summed E-state index contributed by atoms with van der Waals surface area (Å²) in [5.41, 5.74) is 0. The molecule has 1 heterocycles. The number of carbonyl (C=O) groups excluding carboxylic acids is 2. The number of hydrogen-bond donors (Lipinski definition) is 3. The smallest absolute Gasteiger partial charge is 0.220 e. The SMILES string of the molecule is CNCCCC(=O)NCC1CCC(=O)N1. The van der Waals surface area contributed by atoms with Crippen LogP contribution in [0.15, 0.2) is 0 Å². The van der Waals surface area contributed by atoms with Gasteiger partial charge in [-0.15, -0.1) is 0 Å². The number of rotatable bonds is 6. The maximum absolute atomic E-state index is 11.3. The van der Waals surface area contributed by atoms with E-state index >= 15 is 0 Å². The first kappa shape index (κ1) is 12.0. The summed E-state index contributed by atoms with van der Waals surface area (Å²) in [4.78, 5) is 22.2. The lowest BCUT2D eigenvalue weighted by Crippen LogP contribution is -2.38. The predicted molar refractivity (Wildman–Crippen MR) is 57.3 cm³/mol. The molecular weight excluding hydrogens is 194 g/mol. The van der Waals surface area contributed by atoms with Crippen LogP contribution in [0.3, 0.4) is 0 Å². The van der Waals surface area contributed by atoms with Gasteiger partial charge in [-0.3, -0.25) is 9.59 Å². The van der Waals surface area contributed by atoms with E-state index in [1.165, 1.54) is 0 Å². The second-order valence-corrected chi connectivity index (χ2v) is 3.81. The molecular formula is C10H19N3O2. The van der Waals surface area contributed by atoms with Crippen LogP contribution < -0.4 is 16.0 Å². The van der Waals surface area contributed by atoms with Crippen LogP contribution in [0.1, 0.15) is 25.7 Å². The van der Waals surface area contributed by atoms with Crippen molar-refractivity contribution in [2.75, 3.05) is 20.1 Å². The van der Waals surface area contributed by atoms with Gasteiger partial charge in [0.1, 0.15) is 0 Å². The highest BCUT2D eigenvalue weighted by Crippen LogP contribution is 2.04. The van der Waals surface area contributed by atoms with Crippen LogP contribution in [-0.2, 0) is 9.59 Å². The molecule has 3 N–H and O–H groups in total. The minimum atomic E-state index is 0.0615. The van der Waals surface area contributed by atoms with E-state index in [-0.39, 0.29) is 17.9 Å². The fourth-order valence-corrected chi connectivity index (χ4v) is 1.58. The average molecular weight is 213 g/mol. The van der Waals surface area contributed by atoms with Crippen molar-refractivity contribution >= 4 is 11.8 Å². The molecule has 0 aliphatic carbocycles. The first-order chi connectivity index (χ1) is 7.22. The third kappa shape index (κ3) is 4.78. The van der Waals surface area contributed by atoms with Crippen molar-refractivity contribution in [1.82, 2.24) is 16.0 Å². The Morgan fingerprint density at radius 2 is 2.40 bits per heavy atom. The molecule has 1 aliphatic rings. The Hall–Kier alpha value is -1.10. The molecule has 5 nitrogen and oxygen atoms in total. The van der Waals surface area contributed by atoms with Crippen LogP contribution in [0.25, 0.3) is 0 Å². The minimum absolute atomic E-state index is 0.0615. The van der Waals surface area contributed by atoms with Crippen LogP contribution in [0.2, 0.25) is 0 Å². The van der Waals surface area contributed by atoms with E-state index in [1.807, 2.05) is 7.05 Å². The molecule has 0 aromatic carbocycles. The van der Waals surface area contributed by atoms with Gasteiger partial charge < -0.3 is 16.0 Å². The Labute approximate surface area is 90.0 Å². The van der Waals surface area contributed by atoms with E-state index in [9.17, 15) is 9.59 Å². The summed E-state index contributed by atoms with van der Waals surface area (Å²) < 4.78 is 0. The van der Waals surface area contributed by atoms with Gasteiger partial charge in [0.25, 0.3) is 0 Å². The molecule has 2 amide bonds. The molecule has 0 saturated carbocycles. The Balaban J connectivity index is 2.03. The van der Waals surface area contributed by atoms with Crippen molar-refractivity contribution < 1.29 is 9.59 Å². The Bertz CT molecular complexity index is 231. The van der Waals surface area contributed by atoms with Gasteiger partial charge in [0, 0.05) is 25.4 Å². The maximum atomic E-state index is 11.3. The van der Waals surface area contributed by atoms with Gasteiger partial charge in [-0.2, -0.15) is 0 Å². The molecule has 0 aromatic heterocycles. The van der Waals surface area contributed by atoms with Crippen molar-refractivity contribution in [3.8, 4) is 0 Å². The minimum Gasteiger partial charge on any atom is -0.354 e. The molecule has 1 rings (SSSR count). The highest BCUT2D eigenvalue weighted by Gasteiger charge is 2.20. The number of amides is 2. The monoisotopic (exact) mass is 213 g/mol. The van der Waals surface area contributed by atoms with E-state index in [2.05, 4.69) is 16.0 Å². The summed E-state index contributed by atoms with van der Waals surface area (Å²) in [5, 5.41) is 8.62. The van der Waals surface area contributed by atoms with Crippen LogP contribution in [0.5, 0.6) is 0 Å². The van der Waals surface area contributed by atoms with E-state index in [1.54, 1.807) is 0 Å².